The van der Waals surface area contributed by atoms with Crippen LogP contribution in [-0.4, -0.2) is 24.9 Å². The maximum Gasteiger partial charge on any atom is 0.313 e. The largest absolute Gasteiger partial charge is 0.469 e. The van der Waals surface area contributed by atoms with E-state index in [2.05, 4.69) is 10.6 Å². The van der Waals surface area contributed by atoms with Gasteiger partial charge < -0.3 is 15.4 Å². The van der Waals surface area contributed by atoms with Crippen LogP contribution in [0.3, 0.4) is 0 Å². The van der Waals surface area contributed by atoms with Crippen LogP contribution >= 0.6 is 0 Å². The number of methoxy groups -OCH3 is 1. The summed E-state index contributed by atoms with van der Waals surface area (Å²) >= 11 is 0. The Bertz CT molecular complexity index is 939. The van der Waals surface area contributed by atoms with Crippen LogP contribution in [0.2, 0.25) is 0 Å². The molecule has 0 heterocycles. The molecule has 0 radical (unpaired) electrons. The molecule has 6 heteroatoms. The summed E-state index contributed by atoms with van der Waals surface area (Å²) in [4.78, 5) is 37.7. The molecule has 158 valence electrons. The van der Waals surface area contributed by atoms with Gasteiger partial charge in [-0.2, -0.15) is 0 Å². The second-order valence-electron chi connectivity index (χ2n) is 8.42. The van der Waals surface area contributed by atoms with Crippen molar-refractivity contribution in [2.75, 3.05) is 12.4 Å². The molecule has 0 aliphatic heterocycles. The van der Waals surface area contributed by atoms with E-state index < -0.39 is 17.4 Å². The van der Waals surface area contributed by atoms with E-state index in [1.54, 1.807) is 38.1 Å². The molecule has 6 nitrogen and oxygen atoms in total. The lowest BCUT2D eigenvalue weighted by atomic mass is 9.80. The molecular weight excluding hydrogens is 380 g/mol. The number of carbonyl (C=O) groups excluding carboxylic acids is 3. The van der Waals surface area contributed by atoms with E-state index in [1.807, 2.05) is 37.3 Å². The van der Waals surface area contributed by atoms with Gasteiger partial charge in [-0.3, -0.25) is 14.4 Å². The molecule has 3 rings (SSSR count). The lowest BCUT2D eigenvalue weighted by Gasteiger charge is -2.33. The van der Waals surface area contributed by atoms with Gasteiger partial charge in [0.25, 0.3) is 5.91 Å². The molecular formula is C24H28N2O4. The van der Waals surface area contributed by atoms with Crippen molar-refractivity contribution in [3.8, 4) is 0 Å². The van der Waals surface area contributed by atoms with Crippen LogP contribution in [0.15, 0.2) is 54.6 Å². The topological polar surface area (TPSA) is 84.5 Å². The van der Waals surface area contributed by atoms with Crippen molar-refractivity contribution in [3.63, 3.8) is 0 Å². The van der Waals surface area contributed by atoms with Crippen molar-refractivity contribution >= 4 is 23.5 Å². The molecule has 1 fully saturated rings. The van der Waals surface area contributed by atoms with E-state index in [4.69, 9.17) is 4.74 Å². The van der Waals surface area contributed by atoms with Gasteiger partial charge in [-0.25, -0.2) is 0 Å². The molecule has 0 saturated heterocycles. The number of benzene rings is 2. The Morgan fingerprint density at radius 1 is 1.07 bits per heavy atom. The first-order valence-electron chi connectivity index (χ1n) is 10.1. The van der Waals surface area contributed by atoms with Crippen LogP contribution in [0.1, 0.15) is 49.2 Å². The monoisotopic (exact) mass is 408 g/mol. The third kappa shape index (κ3) is 4.70. The van der Waals surface area contributed by atoms with Crippen LogP contribution in [0, 0.1) is 17.3 Å². The minimum atomic E-state index is -0.986. The first kappa shape index (κ1) is 21.6. The maximum absolute atomic E-state index is 13.0. The van der Waals surface area contributed by atoms with Crippen molar-refractivity contribution in [2.24, 2.45) is 17.3 Å². The number of ether oxygens (including phenoxy) is 1. The summed E-state index contributed by atoms with van der Waals surface area (Å²) in [5.41, 5.74) is 0.793. The van der Waals surface area contributed by atoms with Crippen LogP contribution in [-0.2, 0) is 14.3 Å². The van der Waals surface area contributed by atoms with Gasteiger partial charge in [0.05, 0.1) is 18.6 Å². The first-order valence-corrected chi connectivity index (χ1v) is 10.1. The molecule has 2 aromatic rings. The molecule has 3 atom stereocenters. The zero-order valence-corrected chi connectivity index (χ0v) is 17.8. The third-order valence-corrected chi connectivity index (χ3v) is 5.68. The zero-order valence-electron chi connectivity index (χ0n) is 17.8. The van der Waals surface area contributed by atoms with E-state index in [0.717, 1.165) is 12.0 Å². The summed E-state index contributed by atoms with van der Waals surface area (Å²) in [6.07, 6.45) is 0.896. The van der Waals surface area contributed by atoms with Crippen molar-refractivity contribution in [3.05, 3.63) is 65.7 Å². The Kier molecular flexibility index (Phi) is 6.25. The van der Waals surface area contributed by atoms with Gasteiger partial charge in [0, 0.05) is 17.2 Å². The molecule has 0 spiro atoms. The van der Waals surface area contributed by atoms with E-state index >= 15 is 0 Å². The molecule has 30 heavy (non-hydrogen) atoms. The number of nitrogens with one attached hydrogen (secondary N) is 2. The van der Waals surface area contributed by atoms with Crippen molar-refractivity contribution in [1.82, 2.24) is 5.32 Å². The number of hydrogen-bond donors (Lipinski definition) is 2. The number of amides is 2. The van der Waals surface area contributed by atoms with Crippen molar-refractivity contribution < 1.29 is 19.1 Å². The minimum absolute atomic E-state index is 0.0194. The second kappa shape index (κ2) is 8.69. The summed E-state index contributed by atoms with van der Waals surface area (Å²) in [6.45, 7) is 5.52. The highest BCUT2D eigenvalue weighted by Crippen LogP contribution is 2.38. The Balaban J connectivity index is 1.81. The van der Waals surface area contributed by atoms with Gasteiger partial charge in [0.15, 0.2) is 0 Å². The predicted molar refractivity (Wildman–Crippen MR) is 115 cm³/mol. The third-order valence-electron chi connectivity index (χ3n) is 5.68. The van der Waals surface area contributed by atoms with Crippen LogP contribution in [0.5, 0.6) is 0 Å². The predicted octanol–water partition coefficient (Wildman–Crippen LogP) is 3.95. The summed E-state index contributed by atoms with van der Waals surface area (Å²) in [7, 11) is 1.33. The van der Waals surface area contributed by atoms with Crippen molar-refractivity contribution in [2.45, 2.75) is 33.2 Å². The molecule has 1 aliphatic rings. The smallest absolute Gasteiger partial charge is 0.313 e. The Morgan fingerprint density at radius 3 is 2.33 bits per heavy atom. The van der Waals surface area contributed by atoms with E-state index in [0.29, 0.717) is 17.2 Å². The fourth-order valence-electron chi connectivity index (χ4n) is 3.58. The summed E-state index contributed by atoms with van der Waals surface area (Å²) in [5.74, 6) is -0.323. The quantitative estimate of drug-likeness (QED) is 0.680. The molecule has 0 bridgehead atoms. The van der Waals surface area contributed by atoms with Gasteiger partial charge in [0.1, 0.15) is 0 Å². The SMILES string of the molecule is COC(=O)C(C)(C)[C@H](NC(=O)c1cccc(NC(=O)[C@@H]2C[C@H]2C)c1)c1ccccc1. The second-order valence-corrected chi connectivity index (χ2v) is 8.42. The lowest BCUT2D eigenvalue weighted by Crippen LogP contribution is -2.43. The number of carbonyl (C=O) groups is 3. The number of rotatable bonds is 7. The highest BCUT2D eigenvalue weighted by Gasteiger charge is 2.40. The molecule has 1 saturated carbocycles. The van der Waals surface area contributed by atoms with Gasteiger partial charge in [-0.05, 0) is 49.9 Å². The van der Waals surface area contributed by atoms with Gasteiger partial charge in [-0.15, -0.1) is 0 Å². The van der Waals surface area contributed by atoms with E-state index in [9.17, 15) is 14.4 Å². The average molecular weight is 408 g/mol. The number of anilines is 1. The first-order chi connectivity index (χ1) is 14.2. The fourth-order valence-corrected chi connectivity index (χ4v) is 3.58. The Labute approximate surface area is 177 Å². The molecule has 1 aliphatic carbocycles. The van der Waals surface area contributed by atoms with Gasteiger partial charge in [0.2, 0.25) is 5.91 Å². The highest BCUT2D eigenvalue weighted by molar-refractivity contribution is 5.98. The van der Waals surface area contributed by atoms with Crippen LogP contribution in [0.4, 0.5) is 5.69 Å². The van der Waals surface area contributed by atoms with Gasteiger partial charge >= 0.3 is 5.97 Å². The highest BCUT2D eigenvalue weighted by atomic mass is 16.5. The Morgan fingerprint density at radius 2 is 1.73 bits per heavy atom. The maximum atomic E-state index is 13.0. The van der Waals surface area contributed by atoms with E-state index in [-0.39, 0.29) is 17.7 Å². The standard InChI is InChI=1S/C24H28N2O4/c1-15-13-19(15)22(28)25-18-12-8-11-17(14-18)21(27)26-20(16-9-6-5-7-10-16)24(2,3)23(29)30-4/h5-12,14-15,19-20H,13H2,1-4H3,(H,25,28)(H,26,27)/t15-,19-,20-/m1/s1. The molecule has 2 aromatic carbocycles. The molecule has 0 aromatic heterocycles. The molecule has 2 N–H and O–H groups in total. The molecule has 0 unspecified atom stereocenters. The summed E-state index contributed by atoms with van der Waals surface area (Å²) < 4.78 is 4.97. The van der Waals surface area contributed by atoms with E-state index in [1.165, 1.54) is 7.11 Å². The number of hydrogen-bond acceptors (Lipinski definition) is 4. The van der Waals surface area contributed by atoms with Crippen LogP contribution < -0.4 is 10.6 Å². The van der Waals surface area contributed by atoms with Gasteiger partial charge in [-0.1, -0.05) is 43.3 Å². The minimum Gasteiger partial charge on any atom is -0.469 e. The Hall–Kier alpha value is -3.15. The zero-order chi connectivity index (χ0) is 21.9. The normalized spacial score (nSPS) is 18.8. The summed E-state index contributed by atoms with van der Waals surface area (Å²) in [6, 6.07) is 15.5. The average Bonchev–Trinajstić information content (AvgIpc) is 3.48. The van der Waals surface area contributed by atoms with Crippen molar-refractivity contribution in [1.29, 1.82) is 0 Å². The van der Waals surface area contributed by atoms with Crippen LogP contribution in [0.25, 0.3) is 0 Å². The number of esters is 1. The summed E-state index contributed by atoms with van der Waals surface area (Å²) in [5, 5.41) is 5.85. The fraction of sp³-hybridized carbons (Fsp3) is 0.375. The molecule has 2 amide bonds. The lowest BCUT2D eigenvalue weighted by molar-refractivity contribution is -0.152.